The Hall–Kier alpha value is -1.72. The third-order valence-electron chi connectivity index (χ3n) is 7.58. The van der Waals surface area contributed by atoms with Crippen molar-refractivity contribution in [3.63, 3.8) is 0 Å². The summed E-state index contributed by atoms with van der Waals surface area (Å²) in [5.41, 5.74) is 7.83. The lowest BCUT2D eigenvalue weighted by molar-refractivity contribution is -0.117. The number of fused-ring (bicyclic) bond motifs is 3. The van der Waals surface area contributed by atoms with Gasteiger partial charge in [0.05, 0.1) is 17.0 Å². The normalized spacial score (nSPS) is 28.9. The topological polar surface area (TPSA) is 116 Å². The molecule has 3 fully saturated rings. The number of anilines is 1. The predicted octanol–water partition coefficient (Wildman–Crippen LogP) is 1.25. The summed E-state index contributed by atoms with van der Waals surface area (Å²) in [7, 11) is -1.84. The van der Waals surface area contributed by atoms with Gasteiger partial charge in [0.2, 0.25) is 5.91 Å². The van der Waals surface area contributed by atoms with E-state index < -0.39 is 10.2 Å². The number of benzene rings is 1. The van der Waals surface area contributed by atoms with Gasteiger partial charge in [-0.05, 0) is 56.2 Å². The molecule has 5 rings (SSSR count). The molecule has 3 saturated heterocycles. The molecule has 0 spiro atoms. The molecule has 4 aliphatic heterocycles. The molecule has 2 unspecified atom stereocenters. The van der Waals surface area contributed by atoms with Crippen molar-refractivity contribution in [2.45, 2.75) is 69.1 Å². The second kappa shape index (κ2) is 8.49. The van der Waals surface area contributed by atoms with E-state index in [1.54, 1.807) is 32.7 Å². The van der Waals surface area contributed by atoms with E-state index in [1.165, 1.54) is 0 Å². The summed E-state index contributed by atoms with van der Waals surface area (Å²) in [6.07, 6.45) is 4.39. The smallest absolute Gasteiger partial charge is 0.282 e. The fourth-order valence-corrected chi connectivity index (χ4v) is 8.10. The van der Waals surface area contributed by atoms with E-state index in [9.17, 15) is 18.0 Å². The number of nitrogens with zero attached hydrogens (tertiary/aromatic N) is 3. The van der Waals surface area contributed by atoms with Crippen LogP contribution in [0.25, 0.3) is 0 Å². The van der Waals surface area contributed by atoms with Crippen LogP contribution in [0.4, 0.5) is 5.69 Å². The minimum Gasteiger partial charge on any atom is -0.349 e. The van der Waals surface area contributed by atoms with E-state index >= 15 is 0 Å². The number of nitrogens with two attached hydrogens (primary N) is 1. The van der Waals surface area contributed by atoms with Crippen molar-refractivity contribution in [1.82, 2.24) is 13.9 Å². The molecule has 3 N–H and O–H groups in total. The Kier molecular flexibility index (Phi) is 5.93. The number of hydrogen-bond donors (Lipinski definition) is 2. The average Bonchev–Trinajstić information content (AvgIpc) is 3.21. The molecule has 0 aromatic heterocycles. The van der Waals surface area contributed by atoms with Gasteiger partial charge in [-0.25, -0.2) is 0 Å². The maximum absolute atomic E-state index is 13.3. The van der Waals surface area contributed by atoms with E-state index in [1.807, 2.05) is 0 Å². The van der Waals surface area contributed by atoms with Gasteiger partial charge in [-0.3, -0.25) is 9.59 Å². The molecule has 2 amide bonds. The monoisotopic (exact) mass is 495 g/mol. The number of likely N-dealkylation sites (N-methyl/N-ethyl adjacent to an activating group) is 1. The molecule has 4 heterocycles. The van der Waals surface area contributed by atoms with Crippen LogP contribution in [0.2, 0.25) is 5.02 Å². The molecule has 2 bridgehead atoms. The van der Waals surface area contributed by atoms with E-state index in [0.29, 0.717) is 49.4 Å². The largest absolute Gasteiger partial charge is 0.349 e. The average molecular weight is 496 g/mol. The number of hydrogen-bond acceptors (Lipinski definition) is 5. The summed E-state index contributed by atoms with van der Waals surface area (Å²) >= 11 is 6.38. The van der Waals surface area contributed by atoms with Gasteiger partial charge in [0, 0.05) is 50.0 Å². The highest BCUT2D eigenvalue weighted by molar-refractivity contribution is 7.86. The van der Waals surface area contributed by atoms with E-state index in [-0.39, 0.29) is 42.4 Å². The molecule has 1 aromatic rings. The molecule has 0 saturated carbocycles. The minimum absolute atomic E-state index is 0.0283. The van der Waals surface area contributed by atoms with E-state index in [0.717, 1.165) is 24.1 Å². The number of nitrogens with one attached hydrogen (secondary N) is 1. The van der Waals surface area contributed by atoms with Crippen molar-refractivity contribution in [3.05, 3.63) is 28.3 Å². The molecular formula is C22H30ClN5O4S. The summed E-state index contributed by atoms with van der Waals surface area (Å²) in [6.45, 7) is 0.933. The van der Waals surface area contributed by atoms with Crippen molar-refractivity contribution in [2.24, 2.45) is 5.73 Å². The first-order chi connectivity index (χ1) is 15.6. The highest BCUT2D eigenvalue weighted by Crippen LogP contribution is 2.39. The van der Waals surface area contributed by atoms with Gasteiger partial charge in [0.25, 0.3) is 16.1 Å². The molecule has 1 aromatic carbocycles. The van der Waals surface area contributed by atoms with Crippen molar-refractivity contribution in [1.29, 1.82) is 0 Å². The van der Waals surface area contributed by atoms with Gasteiger partial charge >= 0.3 is 0 Å². The lowest BCUT2D eigenvalue weighted by atomic mass is 9.99. The molecule has 2 atom stereocenters. The Morgan fingerprint density at radius 2 is 1.76 bits per heavy atom. The zero-order chi connectivity index (χ0) is 23.5. The Bertz CT molecular complexity index is 1070. The first-order valence-electron chi connectivity index (χ1n) is 11.6. The van der Waals surface area contributed by atoms with Crippen LogP contribution in [0.1, 0.15) is 54.4 Å². The minimum atomic E-state index is -3.53. The van der Waals surface area contributed by atoms with Gasteiger partial charge in [0.15, 0.2) is 0 Å². The van der Waals surface area contributed by atoms with Crippen LogP contribution in [0.3, 0.4) is 0 Å². The Labute approximate surface area is 199 Å². The van der Waals surface area contributed by atoms with Crippen LogP contribution in [0.15, 0.2) is 12.1 Å². The zero-order valence-corrected chi connectivity index (χ0v) is 20.2. The Morgan fingerprint density at radius 1 is 1.12 bits per heavy atom. The Balaban J connectivity index is 1.27. The molecule has 4 aliphatic rings. The third-order valence-corrected chi connectivity index (χ3v) is 10.0. The van der Waals surface area contributed by atoms with Gasteiger partial charge < -0.3 is 16.0 Å². The number of amides is 2. The number of rotatable bonds is 4. The molecular weight excluding hydrogens is 466 g/mol. The van der Waals surface area contributed by atoms with Crippen LogP contribution < -0.4 is 16.0 Å². The van der Waals surface area contributed by atoms with Crippen molar-refractivity contribution < 1.29 is 18.0 Å². The second-order valence-corrected chi connectivity index (χ2v) is 11.9. The van der Waals surface area contributed by atoms with Crippen LogP contribution in [0.5, 0.6) is 0 Å². The fourth-order valence-electron chi connectivity index (χ4n) is 5.78. The maximum atomic E-state index is 13.3. The fraction of sp³-hybridized carbons (Fsp3) is 0.636. The summed E-state index contributed by atoms with van der Waals surface area (Å²) in [6, 6.07) is 3.08. The third kappa shape index (κ3) is 4.05. The molecule has 9 nitrogen and oxygen atoms in total. The Morgan fingerprint density at radius 3 is 2.39 bits per heavy atom. The summed E-state index contributed by atoms with van der Waals surface area (Å²) < 4.78 is 29.9. The highest BCUT2D eigenvalue weighted by atomic mass is 35.5. The van der Waals surface area contributed by atoms with E-state index in [4.69, 9.17) is 17.3 Å². The van der Waals surface area contributed by atoms with Crippen LogP contribution in [-0.2, 0) is 21.4 Å². The number of halogens is 1. The van der Waals surface area contributed by atoms with Gasteiger partial charge in [-0.2, -0.15) is 17.0 Å². The van der Waals surface area contributed by atoms with E-state index in [2.05, 4.69) is 5.32 Å². The zero-order valence-electron chi connectivity index (χ0n) is 18.7. The highest BCUT2D eigenvalue weighted by Gasteiger charge is 2.49. The van der Waals surface area contributed by atoms with Crippen LogP contribution in [-0.4, -0.2) is 73.1 Å². The van der Waals surface area contributed by atoms with Crippen molar-refractivity contribution in [2.75, 3.05) is 25.0 Å². The van der Waals surface area contributed by atoms with Crippen molar-refractivity contribution in [3.8, 4) is 0 Å². The molecule has 11 heteroatoms. The van der Waals surface area contributed by atoms with Gasteiger partial charge in [-0.15, -0.1) is 0 Å². The van der Waals surface area contributed by atoms with Crippen molar-refractivity contribution >= 4 is 39.3 Å². The first kappa shape index (κ1) is 23.0. The number of carbonyl (C=O) groups excluding carboxylic acids is 2. The van der Waals surface area contributed by atoms with Gasteiger partial charge in [0.1, 0.15) is 0 Å². The summed E-state index contributed by atoms with van der Waals surface area (Å²) in [4.78, 5) is 26.6. The lowest BCUT2D eigenvalue weighted by Crippen LogP contribution is -2.57. The van der Waals surface area contributed by atoms with Crippen LogP contribution >= 0.6 is 11.6 Å². The first-order valence-corrected chi connectivity index (χ1v) is 13.4. The summed E-state index contributed by atoms with van der Waals surface area (Å²) in [5, 5.41) is 3.38. The SMILES string of the molecule is CN1C(=O)Cc2cc(C(=O)NC3CC4CCC(C3)N4S(=O)(=O)N3CCC(N)CC3)c(Cl)cc21. The molecule has 0 radical (unpaired) electrons. The maximum Gasteiger partial charge on any atom is 0.282 e. The number of carbonyl (C=O) groups is 2. The molecule has 33 heavy (non-hydrogen) atoms. The predicted molar refractivity (Wildman–Crippen MR) is 125 cm³/mol. The molecule has 180 valence electrons. The molecule has 0 aliphatic carbocycles. The standard InChI is InChI=1S/C22H30ClN5O4S/c1-26-20-12-19(23)18(8-13(20)9-21(26)29)22(30)25-15-10-16-2-3-17(11-15)28(16)33(31,32)27-6-4-14(24)5-7-27/h8,12,14-17H,2-7,9-11,24H2,1H3,(H,25,30). The number of piperidine rings is 2. The van der Waals surface area contributed by atoms with Gasteiger partial charge in [-0.1, -0.05) is 11.6 Å². The lowest BCUT2D eigenvalue weighted by Gasteiger charge is -2.41. The second-order valence-electron chi connectivity index (χ2n) is 9.69. The quantitative estimate of drug-likeness (QED) is 0.652. The van der Waals surface area contributed by atoms with Crippen LogP contribution in [0, 0.1) is 0 Å². The summed E-state index contributed by atoms with van der Waals surface area (Å²) in [5.74, 6) is -0.310.